The lowest BCUT2D eigenvalue weighted by Crippen LogP contribution is -2.37. The number of halogens is 10. The average Bonchev–Trinajstić information content (AvgIpc) is 3.56. The Hall–Kier alpha value is -6.40. The number of phenols is 1. The molecular weight excluding hydrogens is 1120 g/mol. The molecule has 0 radical (unpaired) electrons. The second-order valence-electron chi connectivity index (χ2n) is 19.9. The van der Waals surface area contributed by atoms with Crippen LogP contribution in [0.3, 0.4) is 0 Å². The van der Waals surface area contributed by atoms with Gasteiger partial charge < -0.3 is 14.6 Å². The molecule has 0 amide bonds. The SMILES string of the molecule is CCC(=C(c1ccccc1)c1ccc(OCCCCCC(CCC(F)(F)C(F)(F)F)S(=O)(=O)c2cc(C(=C(CC)c3ccccc3)c3ccc(OCCCCCS(=O)CCCC(F)(F)C(F)(F)F)cc3)ccc2O)cc1)c1ccccc1. The third kappa shape index (κ3) is 17.8. The molecule has 1 N–H and O–H groups in total. The quantitative estimate of drug-likeness (QED) is 0.0265. The highest BCUT2D eigenvalue weighted by Crippen LogP contribution is 2.44. The van der Waals surface area contributed by atoms with E-state index in [4.69, 9.17) is 9.47 Å². The van der Waals surface area contributed by atoms with E-state index >= 15 is 0 Å². The molecule has 6 aromatic carbocycles. The number of allylic oxidation sites excluding steroid dienone is 2. The number of aromatic hydroxyl groups is 1. The molecule has 0 saturated heterocycles. The number of benzene rings is 6. The first-order valence-corrected chi connectivity index (χ1v) is 30.4. The van der Waals surface area contributed by atoms with Crippen molar-refractivity contribution in [2.75, 3.05) is 24.7 Å². The van der Waals surface area contributed by atoms with Gasteiger partial charge in [0.15, 0.2) is 9.84 Å². The van der Waals surface area contributed by atoms with Crippen molar-refractivity contribution in [3.8, 4) is 17.2 Å². The Balaban J connectivity index is 1.15. The molecule has 2 atom stereocenters. The molecule has 0 heterocycles. The molecule has 6 rings (SSSR count). The fourth-order valence-electron chi connectivity index (χ4n) is 9.69. The molecule has 0 aliphatic heterocycles. The minimum absolute atomic E-state index is 0.131. The molecule has 0 fully saturated rings. The van der Waals surface area contributed by atoms with Crippen molar-refractivity contribution in [2.24, 2.45) is 0 Å². The van der Waals surface area contributed by atoms with Crippen LogP contribution in [0.4, 0.5) is 43.9 Å². The zero-order valence-corrected chi connectivity index (χ0v) is 47.3. The first kappa shape index (κ1) is 64.8. The van der Waals surface area contributed by atoms with E-state index in [9.17, 15) is 61.6 Å². The molecule has 0 aromatic heterocycles. The molecule has 0 aliphatic carbocycles. The van der Waals surface area contributed by atoms with Crippen LogP contribution in [0.15, 0.2) is 163 Å². The number of unbranched alkanes of at least 4 members (excludes halogenated alkanes) is 4. The first-order valence-electron chi connectivity index (χ1n) is 27.4. The van der Waals surface area contributed by atoms with Crippen molar-refractivity contribution in [2.45, 2.75) is 132 Å². The summed E-state index contributed by atoms with van der Waals surface area (Å²) in [6, 6.07) is 47.8. The molecule has 0 saturated carbocycles. The number of sulfone groups is 1. The Morgan fingerprint density at radius 2 is 0.878 bits per heavy atom. The van der Waals surface area contributed by atoms with Crippen molar-refractivity contribution in [3.63, 3.8) is 0 Å². The topological polar surface area (TPSA) is 89.9 Å². The summed E-state index contributed by atoms with van der Waals surface area (Å²) in [6.45, 7) is 4.45. The third-order valence-electron chi connectivity index (χ3n) is 14.1. The molecule has 442 valence electrons. The van der Waals surface area contributed by atoms with Gasteiger partial charge in [-0.05, 0) is 150 Å². The molecule has 0 bridgehead atoms. The summed E-state index contributed by atoms with van der Waals surface area (Å²) in [5.41, 5.74) is 8.40. The monoisotopic (exact) mass is 1190 g/mol. The van der Waals surface area contributed by atoms with Gasteiger partial charge in [0.05, 0.1) is 18.5 Å². The summed E-state index contributed by atoms with van der Waals surface area (Å²) < 4.78 is 187. The Kier molecular flexibility index (Phi) is 23.5. The standard InChI is InChI=1S/C64H68F10O6S2/c1-3-55(46-21-10-5-11-22-46)59(48-25-14-7-15-26-48)49-28-33-52(34-29-49)79-41-17-8-16-27-54(38-40-62(67,68)64(72,73)74)82(77,78)58-45-51(32-37-57(58)75)60(56(4-2)47-23-12-6-13-24-47)50-30-35-53(36-31-50)80-42-18-9-19-43-81(76)44-20-39-61(65,66)63(69,70)71/h5-7,10-15,21-26,28-37,45,54,75H,3-4,8-9,16-20,27,38-44H2,1-2H3. The van der Waals surface area contributed by atoms with Crippen LogP contribution in [-0.2, 0) is 20.6 Å². The molecule has 18 heteroatoms. The number of hydrogen-bond acceptors (Lipinski definition) is 6. The van der Waals surface area contributed by atoms with E-state index in [1.54, 1.807) is 24.3 Å². The summed E-state index contributed by atoms with van der Waals surface area (Å²) in [5, 5.41) is 9.51. The number of ether oxygens (including phenoxy) is 2. The van der Waals surface area contributed by atoms with Crippen LogP contribution in [0.1, 0.15) is 131 Å². The smallest absolute Gasteiger partial charge is 0.453 e. The molecular formula is C64H68F10O6S2. The predicted octanol–water partition coefficient (Wildman–Crippen LogP) is 18.2. The van der Waals surface area contributed by atoms with E-state index in [1.165, 1.54) is 17.7 Å². The molecule has 0 spiro atoms. The summed E-state index contributed by atoms with van der Waals surface area (Å²) in [7, 11) is -6.34. The van der Waals surface area contributed by atoms with Gasteiger partial charge in [-0.1, -0.05) is 148 Å². The van der Waals surface area contributed by atoms with Crippen LogP contribution < -0.4 is 9.47 Å². The van der Waals surface area contributed by atoms with Gasteiger partial charge in [0.2, 0.25) is 0 Å². The Bertz CT molecular complexity index is 3150. The zero-order valence-electron chi connectivity index (χ0n) is 45.7. The van der Waals surface area contributed by atoms with E-state index < -0.39 is 86.4 Å². The molecule has 6 aromatic rings. The number of rotatable bonds is 31. The highest BCUT2D eigenvalue weighted by atomic mass is 32.2. The van der Waals surface area contributed by atoms with Crippen LogP contribution in [0, 0.1) is 0 Å². The maximum Gasteiger partial charge on any atom is 0.453 e. The van der Waals surface area contributed by atoms with Gasteiger partial charge in [-0.15, -0.1) is 0 Å². The average molecular weight is 1190 g/mol. The Morgan fingerprint density at radius 1 is 0.476 bits per heavy atom. The fourth-order valence-corrected chi connectivity index (χ4v) is 12.8. The minimum atomic E-state index is -5.92. The third-order valence-corrected chi connectivity index (χ3v) is 17.9. The van der Waals surface area contributed by atoms with E-state index in [2.05, 4.69) is 31.2 Å². The second kappa shape index (κ2) is 29.7. The predicted molar refractivity (Wildman–Crippen MR) is 305 cm³/mol. The number of phenolic OH excluding ortho intramolecular Hbond substituents is 1. The van der Waals surface area contributed by atoms with Gasteiger partial charge >= 0.3 is 24.2 Å². The van der Waals surface area contributed by atoms with Gasteiger partial charge in [0, 0.05) is 35.1 Å². The Morgan fingerprint density at radius 3 is 1.34 bits per heavy atom. The van der Waals surface area contributed by atoms with Crippen molar-refractivity contribution >= 4 is 42.9 Å². The molecule has 2 unspecified atom stereocenters. The van der Waals surface area contributed by atoms with Crippen LogP contribution in [0.2, 0.25) is 0 Å². The fraction of sp³-hybridized carbons (Fsp3) is 0.375. The van der Waals surface area contributed by atoms with Gasteiger partial charge in [-0.3, -0.25) is 4.21 Å². The van der Waals surface area contributed by atoms with E-state index in [1.807, 2.05) is 97.9 Å². The van der Waals surface area contributed by atoms with Crippen LogP contribution in [-0.4, -0.2) is 71.9 Å². The van der Waals surface area contributed by atoms with Crippen molar-refractivity contribution in [3.05, 3.63) is 191 Å². The molecule has 0 aliphatic rings. The lowest BCUT2D eigenvalue weighted by atomic mass is 9.88. The van der Waals surface area contributed by atoms with Crippen molar-refractivity contribution < 1.29 is 71.1 Å². The summed E-state index contributed by atoms with van der Waals surface area (Å²) >= 11 is 0. The summed E-state index contributed by atoms with van der Waals surface area (Å²) in [5.74, 6) is -9.81. The highest BCUT2D eigenvalue weighted by molar-refractivity contribution is 7.92. The lowest BCUT2D eigenvalue weighted by molar-refractivity contribution is -0.284. The first-order chi connectivity index (χ1) is 39.0. The molecule has 82 heavy (non-hydrogen) atoms. The van der Waals surface area contributed by atoms with Crippen molar-refractivity contribution in [1.29, 1.82) is 0 Å². The minimum Gasteiger partial charge on any atom is -0.507 e. The van der Waals surface area contributed by atoms with E-state index in [-0.39, 0.29) is 37.6 Å². The van der Waals surface area contributed by atoms with E-state index in [0.717, 1.165) is 45.9 Å². The van der Waals surface area contributed by atoms with Crippen molar-refractivity contribution in [1.82, 2.24) is 0 Å². The van der Waals surface area contributed by atoms with Gasteiger partial charge in [-0.25, -0.2) is 8.42 Å². The lowest BCUT2D eigenvalue weighted by Gasteiger charge is -2.24. The van der Waals surface area contributed by atoms with Crippen LogP contribution >= 0.6 is 0 Å². The van der Waals surface area contributed by atoms with Crippen LogP contribution in [0.25, 0.3) is 22.3 Å². The Labute approximate surface area is 476 Å². The van der Waals surface area contributed by atoms with Gasteiger partial charge in [0.1, 0.15) is 22.1 Å². The second-order valence-corrected chi connectivity index (χ2v) is 23.8. The largest absolute Gasteiger partial charge is 0.507 e. The highest BCUT2D eigenvalue weighted by Gasteiger charge is 2.57. The van der Waals surface area contributed by atoms with Crippen LogP contribution in [0.5, 0.6) is 17.2 Å². The maximum atomic E-state index is 14.7. The van der Waals surface area contributed by atoms with Gasteiger partial charge in [0.25, 0.3) is 0 Å². The van der Waals surface area contributed by atoms with Gasteiger partial charge in [-0.2, -0.15) is 43.9 Å². The zero-order chi connectivity index (χ0) is 59.6. The normalized spacial score (nSPS) is 14.0. The summed E-state index contributed by atoms with van der Waals surface area (Å²) in [4.78, 5) is -0.620. The van der Waals surface area contributed by atoms with E-state index in [0.29, 0.717) is 66.7 Å². The molecule has 6 nitrogen and oxygen atoms in total. The number of hydrogen-bond donors (Lipinski definition) is 1. The summed E-state index contributed by atoms with van der Waals surface area (Å²) in [6.07, 6.45) is -13.1. The number of alkyl halides is 10. The maximum absolute atomic E-state index is 14.7.